The van der Waals surface area contributed by atoms with Gasteiger partial charge in [-0.2, -0.15) is 0 Å². The average Bonchev–Trinajstić information content (AvgIpc) is 2.84. The minimum Gasteiger partial charge on any atom is -0.368 e. The van der Waals surface area contributed by atoms with Gasteiger partial charge in [0.1, 0.15) is 0 Å². The van der Waals surface area contributed by atoms with Crippen molar-refractivity contribution in [2.24, 2.45) is 5.41 Å². The molecule has 0 aliphatic carbocycles. The molecule has 4 rings (SSSR count). The molecule has 166 valence electrons. The fourth-order valence-corrected chi connectivity index (χ4v) is 3.91. The maximum Gasteiger partial charge on any atom is 0.253 e. The second-order valence-electron chi connectivity index (χ2n) is 8.86. The van der Waals surface area contributed by atoms with Gasteiger partial charge in [0.25, 0.3) is 5.91 Å². The van der Waals surface area contributed by atoms with E-state index in [4.69, 9.17) is 11.6 Å². The second-order valence-corrected chi connectivity index (χ2v) is 9.13. The second kappa shape index (κ2) is 9.21. The Kier molecular flexibility index (Phi) is 6.38. The van der Waals surface area contributed by atoms with Crippen LogP contribution in [0.5, 0.6) is 0 Å². The Morgan fingerprint density at radius 3 is 2.22 bits per heavy atom. The van der Waals surface area contributed by atoms with Crippen LogP contribution in [0.4, 0.5) is 11.4 Å². The van der Waals surface area contributed by atoms with Gasteiger partial charge >= 0.3 is 0 Å². The van der Waals surface area contributed by atoms with Gasteiger partial charge in [-0.15, -0.1) is 11.6 Å². The Hall–Kier alpha value is -3.05. The molecule has 0 unspecified atom stereocenters. The van der Waals surface area contributed by atoms with Crippen LogP contribution in [0.1, 0.15) is 24.2 Å². The van der Waals surface area contributed by atoms with Crippen molar-refractivity contribution in [1.82, 2.24) is 4.90 Å². The quantitative estimate of drug-likeness (QED) is 0.557. The number of anilines is 2. The fourth-order valence-electron chi connectivity index (χ4n) is 3.79. The number of carbonyl (C=O) groups excluding carboxylic acids is 2. The number of carbonyl (C=O) groups is 2. The fraction of sp³-hybridized carbons (Fsp3) is 0.308. The molecule has 0 spiro atoms. The van der Waals surface area contributed by atoms with E-state index in [1.165, 1.54) is 0 Å². The summed E-state index contributed by atoms with van der Waals surface area (Å²) in [5.41, 5.74) is 1.95. The van der Waals surface area contributed by atoms with Crippen molar-refractivity contribution in [1.29, 1.82) is 0 Å². The van der Waals surface area contributed by atoms with E-state index in [2.05, 4.69) is 16.3 Å². The lowest BCUT2D eigenvalue weighted by molar-refractivity contribution is -0.122. The number of nitrogens with zero attached hydrogens (tertiary/aromatic N) is 2. The predicted octanol–water partition coefficient (Wildman–Crippen LogP) is 5.01. The normalized spacial score (nSPS) is 14.5. The first-order chi connectivity index (χ1) is 15.4. The van der Waals surface area contributed by atoms with Crippen molar-refractivity contribution in [3.8, 4) is 0 Å². The van der Waals surface area contributed by atoms with E-state index >= 15 is 0 Å². The molecule has 1 saturated heterocycles. The van der Waals surface area contributed by atoms with Crippen LogP contribution in [0.15, 0.2) is 66.7 Å². The highest BCUT2D eigenvalue weighted by Gasteiger charge is 2.27. The van der Waals surface area contributed by atoms with E-state index in [1.807, 2.05) is 79.4 Å². The molecule has 1 aliphatic rings. The van der Waals surface area contributed by atoms with E-state index in [0.29, 0.717) is 13.1 Å². The summed E-state index contributed by atoms with van der Waals surface area (Å²) in [6, 6.07) is 21.8. The van der Waals surface area contributed by atoms with Gasteiger partial charge in [-0.1, -0.05) is 30.3 Å². The number of rotatable bonds is 5. The summed E-state index contributed by atoms with van der Waals surface area (Å²) < 4.78 is 0. The topological polar surface area (TPSA) is 52.7 Å². The molecule has 1 aliphatic heterocycles. The van der Waals surface area contributed by atoms with Gasteiger partial charge in [0.15, 0.2) is 0 Å². The molecule has 1 heterocycles. The van der Waals surface area contributed by atoms with E-state index in [1.54, 1.807) is 0 Å². The largest absolute Gasteiger partial charge is 0.368 e. The highest BCUT2D eigenvalue weighted by molar-refractivity contribution is 6.20. The molecule has 0 atom stereocenters. The average molecular weight is 450 g/mol. The minimum atomic E-state index is -0.617. The molecule has 0 aromatic heterocycles. The lowest BCUT2D eigenvalue weighted by Gasteiger charge is -2.36. The molecule has 5 nitrogen and oxygen atoms in total. The van der Waals surface area contributed by atoms with Gasteiger partial charge in [0.2, 0.25) is 5.91 Å². The third kappa shape index (κ3) is 4.73. The highest BCUT2D eigenvalue weighted by Crippen LogP contribution is 2.24. The van der Waals surface area contributed by atoms with Crippen molar-refractivity contribution in [2.75, 3.05) is 42.3 Å². The van der Waals surface area contributed by atoms with Gasteiger partial charge in [0, 0.05) is 49.0 Å². The summed E-state index contributed by atoms with van der Waals surface area (Å²) in [6.45, 7) is 6.53. The molecule has 32 heavy (non-hydrogen) atoms. The molecule has 3 aromatic carbocycles. The van der Waals surface area contributed by atoms with Gasteiger partial charge in [0.05, 0.1) is 5.41 Å². The Morgan fingerprint density at radius 1 is 0.906 bits per heavy atom. The Morgan fingerprint density at radius 2 is 1.56 bits per heavy atom. The van der Waals surface area contributed by atoms with Crippen LogP contribution in [0, 0.1) is 5.41 Å². The standard InChI is InChI=1S/C26H28ClN3O2/c1-26(2,18-27)25(32)28-22-9-11-23(12-10-22)29-13-15-30(16-14-29)24(31)21-8-7-19-5-3-4-6-20(19)17-21/h3-12,17H,13-16,18H2,1-2H3,(H,28,32). The third-order valence-electron chi connectivity index (χ3n) is 6.00. The number of fused-ring (bicyclic) bond motifs is 1. The van der Waals surface area contributed by atoms with Crippen LogP contribution in [0.25, 0.3) is 10.8 Å². The lowest BCUT2D eigenvalue weighted by atomic mass is 9.95. The van der Waals surface area contributed by atoms with Crippen LogP contribution in [-0.2, 0) is 4.79 Å². The van der Waals surface area contributed by atoms with E-state index in [0.717, 1.165) is 40.8 Å². The van der Waals surface area contributed by atoms with Crippen LogP contribution < -0.4 is 10.2 Å². The molecule has 1 N–H and O–H groups in total. The molecule has 3 aromatic rings. The minimum absolute atomic E-state index is 0.0790. The van der Waals surface area contributed by atoms with Crippen LogP contribution in [-0.4, -0.2) is 48.8 Å². The zero-order valence-electron chi connectivity index (χ0n) is 18.5. The zero-order chi connectivity index (χ0) is 22.7. The molecular formula is C26H28ClN3O2. The number of hydrogen-bond acceptors (Lipinski definition) is 3. The van der Waals surface area contributed by atoms with E-state index in [-0.39, 0.29) is 17.7 Å². The SMILES string of the molecule is CC(C)(CCl)C(=O)Nc1ccc(N2CCN(C(=O)c3ccc4ccccc4c3)CC2)cc1. The number of hydrogen-bond donors (Lipinski definition) is 1. The van der Waals surface area contributed by atoms with E-state index in [9.17, 15) is 9.59 Å². The van der Waals surface area contributed by atoms with E-state index < -0.39 is 5.41 Å². The number of amides is 2. The van der Waals surface area contributed by atoms with Gasteiger partial charge in [-0.25, -0.2) is 0 Å². The van der Waals surface area contributed by atoms with Crippen LogP contribution in [0.2, 0.25) is 0 Å². The van der Waals surface area contributed by atoms with Crippen molar-refractivity contribution in [2.45, 2.75) is 13.8 Å². The van der Waals surface area contributed by atoms with Gasteiger partial charge < -0.3 is 15.1 Å². The van der Waals surface area contributed by atoms with Crippen LogP contribution >= 0.6 is 11.6 Å². The van der Waals surface area contributed by atoms with Crippen molar-refractivity contribution in [3.63, 3.8) is 0 Å². The predicted molar refractivity (Wildman–Crippen MR) is 132 cm³/mol. The summed E-state index contributed by atoms with van der Waals surface area (Å²) in [6.07, 6.45) is 0. The smallest absolute Gasteiger partial charge is 0.253 e. The van der Waals surface area contributed by atoms with Crippen molar-refractivity contribution < 1.29 is 9.59 Å². The molecule has 0 saturated carbocycles. The summed E-state index contributed by atoms with van der Waals surface area (Å²) in [5, 5.41) is 5.14. The maximum atomic E-state index is 13.0. The number of benzene rings is 3. The lowest BCUT2D eigenvalue weighted by Crippen LogP contribution is -2.48. The number of nitrogens with one attached hydrogen (secondary N) is 1. The number of piperazine rings is 1. The Labute approximate surface area is 194 Å². The number of alkyl halides is 1. The van der Waals surface area contributed by atoms with Gasteiger partial charge in [-0.05, 0) is 61.0 Å². The summed E-state index contributed by atoms with van der Waals surface area (Å²) in [4.78, 5) is 29.5. The third-order valence-corrected chi connectivity index (χ3v) is 6.67. The van der Waals surface area contributed by atoms with Crippen LogP contribution in [0.3, 0.4) is 0 Å². The maximum absolute atomic E-state index is 13.0. The first-order valence-corrected chi connectivity index (χ1v) is 11.4. The molecular weight excluding hydrogens is 422 g/mol. The first-order valence-electron chi connectivity index (χ1n) is 10.9. The monoisotopic (exact) mass is 449 g/mol. The molecule has 0 radical (unpaired) electrons. The molecule has 6 heteroatoms. The Balaban J connectivity index is 1.36. The summed E-state index contributed by atoms with van der Waals surface area (Å²) in [5.74, 6) is 0.246. The van der Waals surface area contributed by atoms with Gasteiger partial charge in [-0.3, -0.25) is 9.59 Å². The Bertz CT molecular complexity index is 1120. The molecule has 1 fully saturated rings. The molecule has 0 bridgehead atoms. The highest BCUT2D eigenvalue weighted by atomic mass is 35.5. The zero-order valence-corrected chi connectivity index (χ0v) is 19.2. The van der Waals surface area contributed by atoms with Crippen molar-refractivity contribution in [3.05, 3.63) is 72.3 Å². The summed E-state index contributed by atoms with van der Waals surface area (Å²) >= 11 is 5.88. The number of halogens is 1. The molecule has 2 amide bonds. The summed E-state index contributed by atoms with van der Waals surface area (Å²) in [7, 11) is 0. The first kappa shape index (κ1) is 22.2. The van der Waals surface area contributed by atoms with Crippen molar-refractivity contribution >= 4 is 45.6 Å².